The van der Waals surface area contributed by atoms with Crippen LogP contribution in [0.2, 0.25) is 10.2 Å². The molecule has 0 fully saturated rings. The number of hydrogen-bond acceptors (Lipinski definition) is 7. The SMILES string of the molecule is CCOC(=O)c1cn([C@@H](C(C)C)C(C)(C)O[SiH2]C(C)(C)C)c2nc(OC)c(Cl)nc2c1=O. The van der Waals surface area contributed by atoms with E-state index in [-0.39, 0.29) is 51.4 Å². The van der Waals surface area contributed by atoms with E-state index in [2.05, 4.69) is 44.6 Å². The minimum absolute atomic E-state index is 0.0177. The average molecular weight is 484 g/mol. The smallest absolute Gasteiger partial charge is 0.343 e. The van der Waals surface area contributed by atoms with Crippen LogP contribution in [-0.4, -0.2) is 49.6 Å². The fourth-order valence-corrected chi connectivity index (χ4v) is 4.93. The normalized spacial score (nSPS) is 13.8. The van der Waals surface area contributed by atoms with Crippen molar-refractivity contribution in [3.05, 3.63) is 27.1 Å². The van der Waals surface area contributed by atoms with Crippen LogP contribution in [0.1, 0.15) is 71.8 Å². The number of methoxy groups -OCH3 is 1. The quantitative estimate of drug-likeness (QED) is 0.415. The third-order valence-corrected chi connectivity index (χ3v) is 6.99. The van der Waals surface area contributed by atoms with Crippen LogP contribution in [-0.2, 0) is 9.16 Å². The first kappa shape index (κ1) is 26.3. The third kappa shape index (κ3) is 5.68. The Kier molecular flexibility index (Phi) is 8.12. The number of halogens is 1. The summed E-state index contributed by atoms with van der Waals surface area (Å²) >= 11 is 6.17. The second-order valence-corrected chi connectivity index (χ2v) is 12.9. The van der Waals surface area contributed by atoms with Crippen LogP contribution in [0, 0.1) is 5.92 Å². The minimum atomic E-state index is -0.894. The Morgan fingerprint density at radius 1 is 1.22 bits per heavy atom. The molecule has 0 unspecified atom stereocenters. The molecule has 2 rings (SSSR count). The topological polar surface area (TPSA) is 92.5 Å². The number of aromatic nitrogens is 3. The number of pyridine rings is 1. The third-order valence-electron chi connectivity index (χ3n) is 4.99. The van der Waals surface area contributed by atoms with Crippen molar-refractivity contribution in [2.24, 2.45) is 5.92 Å². The average Bonchev–Trinajstić information content (AvgIpc) is 2.67. The number of carbonyl (C=O) groups excluding carboxylic acids is 1. The molecule has 8 nitrogen and oxygen atoms in total. The van der Waals surface area contributed by atoms with Gasteiger partial charge in [-0.3, -0.25) is 4.79 Å². The maximum Gasteiger partial charge on any atom is 0.343 e. The maximum absolute atomic E-state index is 13.1. The van der Waals surface area contributed by atoms with Crippen molar-refractivity contribution in [3.8, 4) is 5.88 Å². The van der Waals surface area contributed by atoms with Gasteiger partial charge in [-0.25, -0.2) is 9.78 Å². The zero-order chi connectivity index (χ0) is 24.4. The van der Waals surface area contributed by atoms with Crippen molar-refractivity contribution >= 4 is 38.5 Å². The first-order chi connectivity index (χ1) is 14.7. The number of fused-ring (bicyclic) bond motifs is 1. The molecule has 2 aromatic rings. The molecule has 0 aliphatic rings. The van der Waals surface area contributed by atoms with Crippen molar-refractivity contribution in [2.75, 3.05) is 13.7 Å². The van der Waals surface area contributed by atoms with E-state index in [0.29, 0.717) is 0 Å². The Hall–Kier alpha value is -1.97. The van der Waals surface area contributed by atoms with Crippen molar-refractivity contribution in [1.82, 2.24) is 14.5 Å². The van der Waals surface area contributed by atoms with Gasteiger partial charge < -0.3 is 18.5 Å². The Morgan fingerprint density at radius 3 is 2.34 bits per heavy atom. The molecule has 0 amide bonds. The van der Waals surface area contributed by atoms with Gasteiger partial charge in [0.15, 0.2) is 26.1 Å². The summed E-state index contributed by atoms with van der Waals surface area (Å²) in [5.74, 6) is -0.545. The van der Waals surface area contributed by atoms with E-state index in [1.54, 1.807) is 11.5 Å². The van der Waals surface area contributed by atoms with Gasteiger partial charge in [-0.2, -0.15) is 4.98 Å². The summed E-state index contributed by atoms with van der Waals surface area (Å²) in [4.78, 5) is 34.4. The number of rotatable bonds is 8. The lowest BCUT2D eigenvalue weighted by Crippen LogP contribution is -2.42. The van der Waals surface area contributed by atoms with E-state index in [1.807, 2.05) is 13.8 Å². The Bertz CT molecular complexity index is 1050. The van der Waals surface area contributed by atoms with E-state index >= 15 is 0 Å². The highest BCUT2D eigenvalue weighted by Gasteiger charge is 2.37. The molecule has 0 aromatic carbocycles. The van der Waals surface area contributed by atoms with E-state index in [9.17, 15) is 9.59 Å². The molecule has 0 aliphatic carbocycles. The first-order valence-electron chi connectivity index (χ1n) is 10.7. The van der Waals surface area contributed by atoms with Gasteiger partial charge in [-0.05, 0) is 31.7 Å². The summed E-state index contributed by atoms with van der Waals surface area (Å²) in [6.45, 7) is 16.5. The molecule has 0 saturated heterocycles. The number of ether oxygens (including phenoxy) is 2. The highest BCUT2D eigenvalue weighted by Crippen LogP contribution is 2.37. The van der Waals surface area contributed by atoms with Crippen LogP contribution in [0.4, 0.5) is 0 Å². The standard InChI is InChI=1S/C22H34ClN3O5Si/c1-10-30-20(28)13-11-26(16(12(2)3)22(7,8)31-32-21(4,5)6)18-14(15(13)27)24-17(23)19(25-18)29-9/h11-12,16H,10,32H2,1-9H3/t16-/m0/s1. The van der Waals surface area contributed by atoms with Gasteiger partial charge in [-0.15, -0.1) is 0 Å². The van der Waals surface area contributed by atoms with Crippen molar-refractivity contribution < 1.29 is 18.7 Å². The molecule has 2 heterocycles. The van der Waals surface area contributed by atoms with Crippen LogP contribution >= 0.6 is 11.6 Å². The fraction of sp³-hybridized carbons (Fsp3) is 0.636. The second kappa shape index (κ2) is 9.89. The van der Waals surface area contributed by atoms with E-state index < -0.39 is 26.8 Å². The van der Waals surface area contributed by atoms with E-state index in [4.69, 9.17) is 25.5 Å². The summed E-state index contributed by atoms with van der Waals surface area (Å²) < 4.78 is 18.7. The van der Waals surface area contributed by atoms with E-state index in [1.165, 1.54) is 13.3 Å². The monoisotopic (exact) mass is 483 g/mol. The van der Waals surface area contributed by atoms with E-state index in [0.717, 1.165) is 0 Å². The molecule has 0 spiro atoms. The number of esters is 1. The van der Waals surface area contributed by atoms with Gasteiger partial charge in [0.25, 0.3) is 5.88 Å². The van der Waals surface area contributed by atoms with Gasteiger partial charge in [0.2, 0.25) is 5.43 Å². The largest absolute Gasteiger partial charge is 0.479 e. The molecule has 0 N–H and O–H groups in total. The lowest BCUT2D eigenvalue weighted by molar-refractivity contribution is 0.0284. The van der Waals surface area contributed by atoms with Crippen LogP contribution in [0.3, 0.4) is 0 Å². The predicted octanol–water partition coefficient (Wildman–Crippen LogP) is 3.92. The molecular formula is C22H34ClN3O5Si. The highest BCUT2D eigenvalue weighted by atomic mass is 35.5. The first-order valence-corrected chi connectivity index (χ1v) is 12.4. The number of hydrogen-bond donors (Lipinski definition) is 0. The molecule has 32 heavy (non-hydrogen) atoms. The second-order valence-electron chi connectivity index (χ2n) is 9.84. The molecule has 0 radical (unpaired) electrons. The van der Waals surface area contributed by atoms with Gasteiger partial charge in [0.1, 0.15) is 5.56 Å². The summed E-state index contributed by atoms with van der Waals surface area (Å²) in [7, 11) is 0.536. The molecule has 0 bridgehead atoms. The fourth-order valence-electron chi connectivity index (χ4n) is 3.75. The zero-order valence-corrected chi connectivity index (χ0v) is 22.6. The van der Waals surface area contributed by atoms with Crippen LogP contribution in [0.5, 0.6) is 5.88 Å². The van der Waals surface area contributed by atoms with Crippen molar-refractivity contribution in [3.63, 3.8) is 0 Å². The van der Waals surface area contributed by atoms with Crippen molar-refractivity contribution in [2.45, 2.75) is 72.1 Å². The Labute approximate surface area is 196 Å². The summed E-state index contributed by atoms with van der Waals surface area (Å²) in [6, 6.07) is -0.270. The zero-order valence-electron chi connectivity index (χ0n) is 20.4. The van der Waals surface area contributed by atoms with Crippen LogP contribution < -0.4 is 10.2 Å². The van der Waals surface area contributed by atoms with Crippen LogP contribution in [0.25, 0.3) is 11.2 Å². The Morgan fingerprint density at radius 2 is 1.84 bits per heavy atom. The van der Waals surface area contributed by atoms with Crippen molar-refractivity contribution in [1.29, 1.82) is 0 Å². The number of carbonyl (C=O) groups is 1. The highest BCUT2D eigenvalue weighted by molar-refractivity contribution is 6.32. The minimum Gasteiger partial charge on any atom is -0.479 e. The van der Waals surface area contributed by atoms with Gasteiger partial charge in [0.05, 0.1) is 25.4 Å². The lowest BCUT2D eigenvalue weighted by atomic mass is 9.88. The van der Waals surface area contributed by atoms with Gasteiger partial charge >= 0.3 is 5.97 Å². The molecule has 2 aromatic heterocycles. The molecule has 1 atom stereocenters. The predicted molar refractivity (Wildman–Crippen MR) is 129 cm³/mol. The Balaban J connectivity index is 2.86. The lowest BCUT2D eigenvalue weighted by Gasteiger charge is -2.41. The molecule has 0 saturated carbocycles. The van der Waals surface area contributed by atoms with Crippen LogP contribution in [0.15, 0.2) is 11.0 Å². The molecular weight excluding hydrogens is 450 g/mol. The van der Waals surface area contributed by atoms with Gasteiger partial charge in [0, 0.05) is 6.20 Å². The van der Waals surface area contributed by atoms with Gasteiger partial charge in [-0.1, -0.05) is 46.2 Å². The summed E-state index contributed by atoms with van der Waals surface area (Å²) in [6.07, 6.45) is 1.50. The molecule has 0 aliphatic heterocycles. The maximum atomic E-state index is 13.1. The summed E-state index contributed by atoms with van der Waals surface area (Å²) in [5, 5.41) is 0.0400. The number of nitrogens with zero attached hydrogens (tertiary/aromatic N) is 3. The molecule has 178 valence electrons. The summed E-state index contributed by atoms with van der Waals surface area (Å²) in [5.41, 5.74) is -1.06. The molecule has 10 heteroatoms.